The lowest BCUT2D eigenvalue weighted by Crippen LogP contribution is -2.46. The van der Waals surface area contributed by atoms with Crippen LogP contribution in [0.15, 0.2) is 29.6 Å². The van der Waals surface area contributed by atoms with Crippen molar-refractivity contribution in [2.45, 2.75) is 36.1 Å². The van der Waals surface area contributed by atoms with Crippen LogP contribution in [0.3, 0.4) is 0 Å². The molecule has 27 heavy (non-hydrogen) atoms. The molecule has 0 bridgehead atoms. The van der Waals surface area contributed by atoms with Gasteiger partial charge in [-0.3, -0.25) is 4.90 Å². The van der Waals surface area contributed by atoms with Crippen molar-refractivity contribution in [3.8, 4) is 17.6 Å². The van der Waals surface area contributed by atoms with E-state index in [0.717, 1.165) is 42.7 Å². The zero-order valence-corrected chi connectivity index (χ0v) is 16.1. The van der Waals surface area contributed by atoms with Crippen LogP contribution in [0.25, 0.3) is 11.5 Å². The molecule has 2 aromatic heterocycles. The van der Waals surface area contributed by atoms with Gasteiger partial charge in [0.2, 0.25) is 0 Å². The van der Waals surface area contributed by atoms with Crippen LogP contribution in [0.5, 0.6) is 0 Å². The van der Waals surface area contributed by atoms with Crippen LogP contribution in [-0.4, -0.2) is 69.2 Å². The molecule has 0 spiro atoms. The Labute approximate surface area is 163 Å². The quantitative estimate of drug-likeness (QED) is 0.787. The zero-order chi connectivity index (χ0) is 18.8. The Morgan fingerprint density at radius 2 is 2.26 bits per heavy atom. The molecule has 0 aromatic carbocycles. The van der Waals surface area contributed by atoms with Gasteiger partial charge in [0.05, 0.1) is 18.3 Å². The van der Waals surface area contributed by atoms with Gasteiger partial charge >= 0.3 is 0 Å². The van der Waals surface area contributed by atoms with E-state index in [1.165, 1.54) is 11.8 Å². The molecule has 7 nitrogen and oxygen atoms in total. The van der Waals surface area contributed by atoms with Gasteiger partial charge in [-0.2, -0.15) is 5.26 Å². The monoisotopic (exact) mass is 385 g/mol. The summed E-state index contributed by atoms with van der Waals surface area (Å²) in [6.45, 7) is 2.71. The molecule has 142 valence electrons. The second-order valence-electron chi connectivity index (χ2n) is 6.99. The van der Waals surface area contributed by atoms with E-state index in [4.69, 9.17) is 9.84 Å². The number of aromatic nitrogens is 3. The Hall–Kier alpha value is -1.92. The predicted octanol–water partition coefficient (Wildman–Crippen LogP) is 1.94. The highest BCUT2D eigenvalue weighted by molar-refractivity contribution is 7.98. The summed E-state index contributed by atoms with van der Waals surface area (Å²) in [4.78, 5) is 11.7. The normalized spacial score (nSPS) is 25.3. The van der Waals surface area contributed by atoms with Gasteiger partial charge in [-0.05, 0) is 31.2 Å². The number of aliphatic hydroxyl groups excluding tert-OH is 1. The van der Waals surface area contributed by atoms with Crippen LogP contribution in [0.2, 0.25) is 0 Å². The summed E-state index contributed by atoms with van der Waals surface area (Å²) < 4.78 is 8.10. The Morgan fingerprint density at radius 3 is 3.04 bits per heavy atom. The fraction of sp³-hybridized carbons (Fsp3) is 0.526. The van der Waals surface area contributed by atoms with Crippen molar-refractivity contribution in [3.05, 3.63) is 30.1 Å². The minimum absolute atomic E-state index is 0.122. The summed E-state index contributed by atoms with van der Waals surface area (Å²) in [5, 5.41) is 19.1. The number of thioether (sulfide) groups is 1. The van der Waals surface area contributed by atoms with Gasteiger partial charge in [-0.25, -0.2) is 9.97 Å². The van der Waals surface area contributed by atoms with Gasteiger partial charge < -0.3 is 14.4 Å². The standard InChI is InChI=1S/C19H23N5O2S/c1-27-19-13(9-20)2-3-17(22-19)18-21-5-6-24(18)14-8-15-12-26-16(4-7-25)11-23(15)10-14/h2-3,5-6,14-16,25H,4,7-8,10-12H2,1H3/t14-,15-,16-/m0/s1. The molecule has 2 saturated heterocycles. The molecule has 4 rings (SSSR count). The van der Waals surface area contributed by atoms with E-state index in [0.29, 0.717) is 24.1 Å². The first-order valence-corrected chi connectivity index (χ1v) is 10.4. The summed E-state index contributed by atoms with van der Waals surface area (Å²) in [6.07, 6.45) is 7.59. The smallest absolute Gasteiger partial charge is 0.158 e. The van der Waals surface area contributed by atoms with Crippen molar-refractivity contribution >= 4 is 11.8 Å². The number of nitrogens with zero attached hydrogens (tertiary/aromatic N) is 5. The van der Waals surface area contributed by atoms with E-state index in [1.807, 2.05) is 30.8 Å². The van der Waals surface area contributed by atoms with Crippen LogP contribution in [-0.2, 0) is 4.74 Å². The van der Waals surface area contributed by atoms with Crippen LogP contribution in [0, 0.1) is 11.3 Å². The lowest BCUT2D eigenvalue weighted by atomic mass is 10.1. The molecule has 1 N–H and O–H groups in total. The van der Waals surface area contributed by atoms with Gasteiger partial charge in [-0.1, -0.05) is 0 Å². The number of imidazole rings is 1. The van der Waals surface area contributed by atoms with Crippen LogP contribution >= 0.6 is 11.8 Å². The number of aliphatic hydroxyl groups is 1. The van der Waals surface area contributed by atoms with Gasteiger partial charge in [0.15, 0.2) is 5.82 Å². The van der Waals surface area contributed by atoms with Crippen LogP contribution in [0.1, 0.15) is 24.4 Å². The summed E-state index contributed by atoms with van der Waals surface area (Å²) in [5.74, 6) is 0.840. The fourth-order valence-corrected chi connectivity index (χ4v) is 4.57. The first-order chi connectivity index (χ1) is 13.2. The van der Waals surface area contributed by atoms with E-state index >= 15 is 0 Å². The Morgan fingerprint density at radius 1 is 1.37 bits per heavy atom. The molecular formula is C19H23N5O2S. The molecule has 0 radical (unpaired) electrons. The average Bonchev–Trinajstić information content (AvgIpc) is 3.34. The third kappa shape index (κ3) is 3.60. The molecule has 0 amide bonds. The molecule has 8 heteroatoms. The Balaban J connectivity index is 1.56. The first-order valence-electron chi connectivity index (χ1n) is 9.18. The minimum atomic E-state index is 0.122. The second-order valence-corrected chi connectivity index (χ2v) is 7.78. The fourth-order valence-electron chi connectivity index (χ4n) is 4.05. The predicted molar refractivity (Wildman–Crippen MR) is 102 cm³/mol. The zero-order valence-electron chi connectivity index (χ0n) is 15.3. The second kappa shape index (κ2) is 7.98. The number of nitriles is 1. The third-order valence-corrected chi connectivity index (χ3v) is 6.08. The number of hydrogen-bond acceptors (Lipinski definition) is 7. The largest absolute Gasteiger partial charge is 0.396 e. The van der Waals surface area contributed by atoms with E-state index < -0.39 is 0 Å². The number of fused-ring (bicyclic) bond motifs is 1. The lowest BCUT2D eigenvalue weighted by molar-refractivity contribution is -0.0567. The van der Waals surface area contributed by atoms with Gasteiger partial charge in [0.1, 0.15) is 16.8 Å². The molecule has 4 heterocycles. The molecule has 2 aliphatic rings. The van der Waals surface area contributed by atoms with E-state index in [9.17, 15) is 5.26 Å². The van der Waals surface area contributed by atoms with Gasteiger partial charge in [-0.15, -0.1) is 11.8 Å². The average molecular weight is 385 g/mol. The number of rotatable bonds is 5. The Kier molecular flexibility index (Phi) is 5.45. The Bertz CT molecular complexity index is 849. The van der Waals surface area contributed by atoms with Crippen molar-refractivity contribution in [1.29, 1.82) is 5.26 Å². The van der Waals surface area contributed by atoms with Gasteiger partial charge in [0, 0.05) is 44.2 Å². The summed E-state index contributed by atoms with van der Waals surface area (Å²) in [6, 6.07) is 6.61. The molecule has 0 saturated carbocycles. The summed E-state index contributed by atoms with van der Waals surface area (Å²) in [7, 11) is 0. The number of morpholine rings is 1. The summed E-state index contributed by atoms with van der Waals surface area (Å²) >= 11 is 1.47. The molecule has 3 atom stereocenters. The van der Waals surface area contributed by atoms with Crippen LogP contribution in [0.4, 0.5) is 0 Å². The molecular weight excluding hydrogens is 362 g/mol. The number of hydrogen-bond donors (Lipinski definition) is 1. The first kappa shape index (κ1) is 18.4. The summed E-state index contributed by atoms with van der Waals surface area (Å²) in [5.41, 5.74) is 1.39. The topological polar surface area (TPSA) is 87.2 Å². The van der Waals surface area contributed by atoms with Crippen molar-refractivity contribution in [2.75, 3.05) is 32.6 Å². The van der Waals surface area contributed by atoms with Crippen molar-refractivity contribution in [1.82, 2.24) is 19.4 Å². The highest BCUT2D eigenvalue weighted by Gasteiger charge is 2.38. The SMILES string of the molecule is CSc1nc(-c2nccn2[C@H]2C[C@H]3CO[C@@H](CCO)CN3C2)ccc1C#N. The van der Waals surface area contributed by atoms with Crippen molar-refractivity contribution < 1.29 is 9.84 Å². The van der Waals surface area contributed by atoms with Crippen molar-refractivity contribution in [3.63, 3.8) is 0 Å². The highest BCUT2D eigenvalue weighted by Crippen LogP contribution is 2.34. The maximum absolute atomic E-state index is 9.22. The highest BCUT2D eigenvalue weighted by atomic mass is 32.2. The number of pyridine rings is 1. The molecule has 0 unspecified atom stereocenters. The lowest BCUT2D eigenvalue weighted by Gasteiger charge is -2.34. The third-order valence-electron chi connectivity index (χ3n) is 5.38. The van der Waals surface area contributed by atoms with Crippen molar-refractivity contribution in [2.24, 2.45) is 0 Å². The number of ether oxygens (including phenoxy) is 1. The minimum Gasteiger partial charge on any atom is -0.396 e. The molecule has 2 fully saturated rings. The van der Waals surface area contributed by atoms with E-state index in [-0.39, 0.29) is 12.7 Å². The van der Waals surface area contributed by atoms with Gasteiger partial charge in [0.25, 0.3) is 0 Å². The molecule has 2 aliphatic heterocycles. The maximum Gasteiger partial charge on any atom is 0.158 e. The van der Waals surface area contributed by atoms with Crippen LogP contribution < -0.4 is 0 Å². The maximum atomic E-state index is 9.22. The molecule has 2 aromatic rings. The van der Waals surface area contributed by atoms with E-state index in [1.54, 1.807) is 0 Å². The molecule has 0 aliphatic carbocycles. The van der Waals surface area contributed by atoms with E-state index in [2.05, 4.69) is 25.5 Å².